The molecule has 1 aromatic rings. The van der Waals surface area contributed by atoms with E-state index in [-0.39, 0.29) is 5.91 Å². The fourth-order valence-corrected chi connectivity index (χ4v) is 2.81. The number of piperazine rings is 1. The highest BCUT2D eigenvalue weighted by Crippen LogP contribution is 2.12. The Morgan fingerprint density at radius 1 is 1.44 bits per heavy atom. The van der Waals surface area contributed by atoms with Gasteiger partial charge in [0.1, 0.15) is 5.01 Å². The maximum absolute atomic E-state index is 12.1. The number of nitrogens with two attached hydrogens (primary N) is 1. The fourth-order valence-electron chi connectivity index (χ4n) is 1.99. The average Bonchev–Trinajstić information content (AvgIpc) is 2.78. The van der Waals surface area contributed by atoms with Crippen LogP contribution in [0.25, 0.3) is 0 Å². The van der Waals surface area contributed by atoms with Crippen molar-refractivity contribution in [2.75, 3.05) is 39.8 Å². The summed E-state index contributed by atoms with van der Waals surface area (Å²) in [6, 6.07) is 0. The van der Waals surface area contributed by atoms with E-state index in [4.69, 9.17) is 5.73 Å². The lowest BCUT2D eigenvalue weighted by molar-refractivity contribution is -0.132. The summed E-state index contributed by atoms with van der Waals surface area (Å²) in [6.45, 7) is 4.19. The van der Waals surface area contributed by atoms with Crippen molar-refractivity contribution in [2.45, 2.75) is 12.8 Å². The lowest BCUT2D eigenvalue weighted by atomic mass is 10.3. The molecule has 0 aromatic carbocycles. The van der Waals surface area contributed by atoms with Crippen molar-refractivity contribution in [3.05, 3.63) is 16.1 Å². The number of hydrogen-bond donors (Lipinski definition) is 1. The minimum Gasteiger partial charge on any atom is -0.340 e. The van der Waals surface area contributed by atoms with Crippen molar-refractivity contribution in [3.63, 3.8) is 0 Å². The van der Waals surface area contributed by atoms with Crippen molar-refractivity contribution < 1.29 is 4.79 Å². The molecular weight excluding hydrogens is 248 g/mol. The number of hydrogen-bond acceptors (Lipinski definition) is 5. The SMILES string of the molecule is CN1CCN(C(=O)Cc2nc(CCN)cs2)CC1. The maximum Gasteiger partial charge on any atom is 0.229 e. The van der Waals surface area contributed by atoms with Gasteiger partial charge in [0.25, 0.3) is 0 Å². The van der Waals surface area contributed by atoms with E-state index in [1.807, 2.05) is 10.3 Å². The Labute approximate surface area is 112 Å². The maximum atomic E-state index is 12.1. The molecule has 1 aliphatic rings. The summed E-state index contributed by atoms with van der Waals surface area (Å²) in [7, 11) is 2.09. The van der Waals surface area contributed by atoms with E-state index in [1.165, 1.54) is 0 Å². The smallest absolute Gasteiger partial charge is 0.229 e. The van der Waals surface area contributed by atoms with Gasteiger partial charge >= 0.3 is 0 Å². The van der Waals surface area contributed by atoms with Gasteiger partial charge in [-0.3, -0.25) is 4.79 Å². The van der Waals surface area contributed by atoms with Crippen molar-refractivity contribution >= 4 is 17.2 Å². The van der Waals surface area contributed by atoms with E-state index in [1.54, 1.807) is 11.3 Å². The highest BCUT2D eigenvalue weighted by molar-refractivity contribution is 7.09. The number of nitrogens with zero attached hydrogens (tertiary/aromatic N) is 3. The topological polar surface area (TPSA) is 62.5 Å². The molecule has 1 aromatic heterocycles. The monoisotopic (exact) mass is 268 g/mol. The van der Waals surface area contributed by atoms with E-state index in [0.29, 0.717) is 13.0 Å². The van der Waals surface area contributed by atoms with Gasteiger partial charge in [-0.15, -0.1) is 11.3 Å². The van der Waals surface area contributed by atoms with E-state index in [0.717, 1.165) is 43.3 Å². The van der Waals surface area contributed by atoms with E-state index in [2.05, 4.69) is 16.9 Å². The van der Waals surface area contributed by atoms with Gasteiger partial charge in [-0.25, -0.2) is 4.98 Å². The van der Waals surface area contributed by atoms with Crippen molar-refractivity contribution in [2.24, 2.45) is 5.73 Å². The zero-order valence-electron chi connectivity index (χ0n) is 10.8. The summed E-state index contributed by atoms with van der Waals surface area (Å²) in [5.41, 5.74) is 6.49. The van der Waals surface area contributed by atoms with Crippen LogP contribution < -0.4 is 5.73 Å². The standard InChI is InChI=1S/C12H20N4OS/c1-15-4-6-16(7-5-15)12(17)8-11-14-10(2-3-13)9-18-11/h9H,2-8,13H2,1H3. The van der Waals surface area contributed by atoms with Gasteiger partial charge < -0.3 is 15.5 Å². The molecule has 0 saturated carbocycles. The van der Waals surface area contributed by atoms with E-state index < -0.39 is 0 Å². The van der Waals surface area contributed by atoms with E-state index >= 15 is 0 Å². The molecule has 100 valence electrons. The van der Waals surface area contributed by atoms with Crippen LogP contribution in [-0.2, 0) is 17.6 Å². The fraction of sp³-hybridized carbons (Fsp3) is 0.667. The Balaban J connectivity index is 1.86. The molecule has 2 rings (SSSR count). The molecular formula is C12H20N4OS. The lowest BCUT2D eigenvalue weighted by Gasteiger charge is -2.32. The Bertz CT molecular complexity index is 399. The highest BCUT2D eigenvalue weighted by atomic mass is 32.1. The van der Waals surface area contributed by atoms with Gasteiger partial charge in [0.15, 0.2) is 0 Å². The van der Waals surface area contributed by atoms with Crippen LogP contribution in [0.15, 0.2) is 5.38 Å². The van der Waals surface area contributed by atoms with Crippen LogP contribution in [0, 0.1) is 0 Å². The molecule has 1 amide bonds. The first-order chi connectivity index (χ1) is 8.69. The summed E-state index contributed by atoms with van der Waals surface area (Å²) in [5, 5.41) is 2.90. The third-order valence-electron chi connectivity index (χ3n) is 3.16. The second-order valence-electron chi connectivity index (χ2n) is 4.63. The predicted octanol–water partition coefficient (Wildman–Crippen LogP) is -0.0392. The summed E-state index contributed by atoms with van der Waals surface area (Å²) in [4.78, 5) is 20.7. The zero-order valence-corrected chi connectivity index (χ0v) is 11.6. The molecule has 1 saturated heterocycles. The molecule has 1 fully saturated rings. The third kappa shape index (κ3) is 3.51. The van der Waals surface area contributed by atoms with Gasteiger partial charge in [-0.2, -0.15) is 0 Å². The molecule has 2 heterocycles. The summed E-state index contributed by atoms with van der Waals surface area (Å²) >= 11 is 1.56. The number of likely N-dealkylation sites (N-methyl/N-ethyl adjacent to an activating group) is 1. The van der Waals surface area contributed by atoms with Crippen LogP contribution in [0.1, 0.15) is 10.7 Å². The summed E-state index contributed by atoms with van der Waals surface area (Å²) in [6.07, 6.45) is 1.22. The number of aromatic nitrogens is 1. The quantitative estimate of drug-likeness (QED) is 0.832. The Morgan fingerprint density at radius 2 is 2.17 bits per heavy atom. The summed E-state index contributed by atoms with van der Waals surface area (Å²) in [5.74, 6) is 0.191. The van der Waals surface area contributed by atoms with Crippen LogP contribution in [0.3, 0.4) is 0 Å². The van der Waals surface area contributed by atoms with Crippen LogP contribution in [0.5, 0.6) is 0 Å². The number of thiazole rings is 1. The number of carbonyl (C=O) groups is 1. The zero-order chi connectivity index (χ0) is 13.0. The first-order valence-corrected chi connectivity index (χ1v) is 7.16. The highest BCUT2D eigenvalue weighted by Gasteiger charge is 2.19. The van der Waals surface area contributed by atoms with Gasteiger partial charge in [0, 0.05) is 38.0 Å². The summed E-state index contributed by atoms with van der Waals surface area (Å²) < 4.78 is 0. The third-order valence-corrected chi connectivity index (χ3v) is 4.06. The molecule has 0 aliphatic carbocycles. The van der Waals surface area contributed by atoms with Crippen LogP contribution in [-0.4, -0.2) is 60.5 Å². The first-order valence-electron chi connectivity index (χ1n) is 6.28. The van der Waals surface area contributed by atoms with Crippen molar-refractivity contribution in [1.82, 2.24) is 14.8 Å². The van der Waals surface area contributed by atoms with Gasteiger partial charge in [0.2, 0.25) is 5.91 Å². The largest absolute Gasteiger partial charge is 0.340 e. The second-order valence-corrected chi connectivity index (χ2v) is 5.57. The molecule has 2 N–H and O–H groups in total. The molecule has 1 aliphatic heterocycles. The van der Waals surface area contributed by atoms with Gasteiger partial charge in [-0.05, 0) is 13.6 Å². The Hall–Kier alpha value is -0.980. The molecule has 6 heteroatoms. The first kappa shape index (κ1) is 13.5. The molecule has 0 spiro atoms. The normalized spacial score (nSPS) is 17.1. The average molecular weight is 268 g/mol. The van der Waals surface area contributed by atoms with Crippen molar-refractivity contribution in [1.29, 1.82) is 0 Å². The lowest BCUT2D eigenvalue weighted by Crippen LogP contribution is -2.47. The van der Waals surface area contributed by atoms with Crippen LogP contribution >= 0.6 is 11.3 Å². The van der Waals surface area contributed by atoms with E-state index in [9.17, 15) is 4.79 Å². The molecule has 0 radical (unpaired) electrons. The minimum atomic E-state index is 0.191. The van der Waals surface area contributed by atoms with Crippen LogP contribution in [0.4, 0.5) is 0 Å². The molecule has 18 heavy (non-hydrogen) atoms. The minimum absolute atomic E-state index is 0.191. The van der Waals surface area contributed by atoms with Crippen molar-refractivity contribution in [3.8, 4) is 0 Å². The van der Waals surface area contributed by atoms with Crippen LogP contribution in [0.2, 0.25) is 0 Å². The second kappa shape index (κ2) is 6.26. The molecule has 0 unspecified atom stereocenters. The number of amides is 1. The Kier molecular flexibility index (Phi) is 4.68. The molecule has 0 atom stereocenters. The Morgan fingerprint density at radius 3 is 2.83 bits per heavy atom. The predicted molar refractivity (Wildman–Crippen MR) is 72.7 cm³/mol. The number of carbonyl (C=O) groups excluding carboxylic acids is 1. The van der Waals surface area contributed by atoms with Gasteiger partial charge in [0.05, 0.1) is 12.1 Å². The molecule has 5 nitrogen and oxygen atoms in total. The van der Waals surface area contributed by atoms with Gasteiger partial charge in [-0.1, -0.05) is 0 Å². The molecule has 0 bridgehead atoms. The number of rotatable bonds is 4.